The highest BCUT2D eigenvalue weighted by molar-refractivity contribution is 5.60. The summed E-state index contributed by atoms with van der Waals surface area (Å²) < 4.78 is 0. The van der Waals surface area contributed by atoms with E-state index in [0.29, 0.717) is 0 Å². The fourth-order valence-electron chi connectivity index (χ4n) is 2.65. The molecule has 0 amide bonds. The van der Waals surface area contributed by atoms with Gasteiger partial charge in [-0.3, -0.25) is 0 Å². The Kier molecular flexibility index (Phi) is 3.24. The molecule has 1 aliphatic heterocycles. The van der Waals surface area contributed by atoms with Crippen molar-refractivity contribution in [2.45, 2.75) is 25.7 Å². The number of benzene rings is 2. The monoisotopic (exact) mass is 261 g/mol. The van der Waals surface area contributed by atoms with Crippen LogP contribution in [0, 0.1) is 11.8 Å². The second-order valence-corrected chi connectivity index (χ2v) is 5.94. The van der Waals surface area contributed by atoms with Crippen LogP contribution in [0.3, 0.4) is 0 Å². The average Bonchev–Trinajstić information content (AvgIpc) is 2.46. The number of rotatable bonds is 0. The lowest BCUT2D eigenvalue weighted by Gasteiger charge is -2.33. The lowest BCUT2D eigenvalue weighted by atomic mass is 9.78. The molecule has 20 heavy (non-hydrogen) atoms. The summed E-state index contributed by atoms with van der Waals surface area (Å²) in [7, 11) is 0. The van der Waals surface area contributed by atoms with Gasteiger partial charge in [0.2, 0.25) is 0 Å². The van der Waals surface area contributed by atoms with Gasteiger partial charge in [-0.05, 0) is 47.7 Å². The second kappa shape index (κ2) is 5.06. The molecule has 1 heteroatoms. The molecule has 1 nitrogen and oxygen atoms in total. The molecule has 100 valence electrons. The highest BCUT2D eigenvalue weighted by Crippen LogP contribution is 2.36. The smallest absolute Gasteiger partial charge is 0.0379 e. The van der Waals surface area contributed by atoms with Crippen LogP contribution in [-0.4, -0.2) is 6.54 Å². The fourth-order valence-corrected chi connectivity index (χ4v) is 2.65. The molecule has 0 saturated carbocycles. The first kappa shape index (κ1) is 12.8. The average molecular weight is 261 g/mol. The van der Waals surface area contributed by atoms with Gasteiger partial charge in [0.25, 0.3) is 0 Å². The van der Waals surface area contributed by atoms with E-state index in [4.69, 9.17) is 0 Å². The highest BCUT2D eigenvalue weighted by Gasteiger charge is 2.27. The van der Waals surface area contributed by atoms with Gasteiger partial charge >= 0.3 is 0 Å². The third-order valence-corrected chi connectivity index (χ3v) is 3.94. The molecule has 0 aliphatic carbocycles. The number of hydrogen-bond acceptors (Lipinski definition) is 1. The Morgan fingerprint density at radius 2 is 1.70 bits per heavy atom. The van der Waals surface area contributed by atoms with Crippen molar-refractivity contribution < 1.29 is 0 Å². The van der Waals surface area contributed by atoms with Crippen LogP contribution in [0.5, 0.6) is 0 Å². The van der Waals surface area contributed by atoms with E-state index in [2.05, 4.69) is 49.2 Å². The van der Waals surface area contributed by atoms with Crippen molar-refractivity contribution in [2.75, 3.05) is 11.9 Å². The zero-order chi connectivity index (χ0) is 14.0. The number of anilines is 1. The molecule has 0 spiro atoms. The maximum Gasteiger partial charge on any atom is 0.0379 e. The Morgan fingerprint density at radius 3 is 2.50 bits per heavy atom. The molecule has 1 N–H and O–H groups in total. The molecule has 0 bridgehead atoms. The Bertz CT molecular complexity index is 672. The molecule has 2 aromatic carbocycles. The molecule has 1 aliphatic rings. The summed E-state index contributed by atoms with van der Waals surface area (Å²) in [6, 6.07) is 16.6. The minimum atomic E-state index is 0.227. The molecule has 0 aromatic heterocycles. The van der Waals surface area contributed by atoms with Gasteiger partial charge in [0.15, 0.2) is 0 Å². The normalized spacial score (nSPS) is 15.5. The second-order valence-electron chi connectivity index (χ2n) is 5.94. The number of fused-ring (bicyclic) bond motifs is 1. The van der Waals surface area contributed by atoms with Crippen molar-refractivity contribution in [3.8, 4) is 11.8 Å². The number of hydrogen-bond donors (Lipinski definition) is 1. The summed E-state index contributed by atoms with van der Waals surface area (Å²) in [6.07, 6.45) is 1.16. The van der Waals surface area contributed by atoms with Crippen molar-refractivity contribution in [1.29, 1.82) is 0 Å². The van der Waals surface area contributed by atoms with E-state index in [0.717, 1.165) is 24.1 Å². The van der Waals surface area contributed by atoms with Crippen LogP contribution in [0.15, 0.2) is 48.5 Å². The van der Waals surface area contributed by atoms with Crippen molar-refractivity contribution in [1.82, 2.24) is 0 Å². The van der Waals surface area contributed by atoms with Crippen molar-refractivity contribution in [3.05, 3.63) is 65.2 Å². The van der Waals surface area contributed by atoms with Crippen molar-refractivity contribution in [2.24, 2.45) is 0 Å². The van der Waals surface area contributed by atoms with E-state index in [1.54, 1.807) is 0 Å². The predicted molar refractivity (Wildman–Crippen MR) is 85.0 cm³/mol. The van der Waals surface area contributed by atoms with Gasteiger partial charge in [-0.1, -0.05) is 43.9 Å². The standard InChI is InChI=1S/C19H19N/c1-19(2)12-13-20-18-11-10-16(14-17(18)19)9-8-15-6-4-3-5-7-15/h3-7,10-11,14,20H,12-13H2,1-2H3. The summed E-state index contributed by atoms with van der Waals surface area (Å²) in [6.45, 7) is 5.66. The van der Waals surface area contributed by atoms with Gasteiger partial charge in [0, 0.05) is 23.4 Å². The van der Waals surface area contributed by atoms with E-state index in [9.17, 15) is 0 Å². The molecule has 0 unspecified atom stereocenters. The highest BCUT2D eigenvalue weighted by atomic mass is 14.9. The third kappa shape index (κ3) is 2.56. The minimum Gasteiger partial charge on any atom is -0.385 e. The molecule has 0 saturated heterocycles. The Morgan fingerprint density at radius 1 is 0.950 bits per heavy atom. The minimum absolute atomic E-state index is 0.227. The summed E-state index contributed by atoms with van der Waals surface area (Å²) in [5.41, 5.74) is 5.01. The van der Waals surface area contributed by atoms with Gasteiger partial charge < -0.3 is 5.32 Å². The summed E-state index contributed by atoms with van der Waals surface area (Å²) in [5, 5.41) is 3.47. The Balaban J connectivity index is 1.95. The Hall–Kier alpha value is -2.20. The van der Waals surface area contributed by atoms with Crippen LogP contribution in [0.1, 0.15) is 37.0 Å². The first-order chi connectivity index (χ1) is 9.65. The lowest BCUT2D eigenvalue weighted by molar-refractivity contribution is 0.482. The Labute approximate surface area is 121 Å². The van der Waals surface area contributed by atoms with Gasteiger partial charge in [-0.15, -0.1) is 0 Å². The molecule has 0 atom stereocenters. The molecule has 0 radical (unpaired) electrons. The third-order valence-electron chi connectivity index (χ3n) is 3.94. The molecular weight excluding hydrogens is 242 g/mol. The predicted octanol–water partition coefficient (Wildman–Crippen LogP) is 4.18. The van der Waals surface area contributed by atoms with Crippen LogP contribution in [0.25, 0.3) is 0 Å². The zero-order valence-electron chi connectivity index (χ0n) is 12.0. The molecule has 1 heterocycles. The summed E-state index contributed by atoms with van der Waals surface area (Å²) in [4.78, 5) is 0. The van der Waals surface area contributed by atoms with Crippen molar-refractivity contribution >= 4 is 5.69 Å². The summed E-state index contributed by atoms with van der Waals surface area (Å²) in [5.74, 6) is 6.50. The summed E-state index contributed by atoms with van der Waals surface area (Å²) >= 11 is 0. The van der Waals surface area contributed by atoms with Gasteiger partial charge in [-0.2, -0.15) is 0 Å². The van der Waals surface area contributed by atoms with E-state index in [-0.39, 0.29) is 5.41 Å². The molecule has 0 fully saturated rings. The van der Waals surface area contributed by atoms with Gasteiger partial charge in [-0.25, -0.2) is 0 Å². The van der Waals surface area contributed by atoms with Crippen molar-refractivity contribution in [3.63, 3.8) is 0 Å². The van der Waals surface area contributed by atoms with Crippen LogP contribution < -0.4 is 5.32 Å². The SMILES string of the molecule is CC1(C)CCNc2ccc(C#Cc3ccccc3)cc21. The first-order valence-electron chi connectivity index (χ1n) is 7.11. The van der Waals surface area contributed by atoms with Crippen LogP contribution in [-0.2, 0) is 5.41 Å². The first-order valence-corrected chi connectivity index (χ1v) is 7.11. The van der Waals surface area contributed by atoms with E-state index >= 15 is 0 Å². The van der Waals surface area contributed by atoms with Gasteiger partial charge in [0.05, 0.1) is 0 Å². The quantitative estimate of drug-likeness (QED) is 0.701. The van der Waals surface area contributed by atoms with E-state index in [1.165, 1.54) is 11.3 Å². The van der Waals surface area contributed by atoms with Gasteiger partial charge in [0.1, 0.15) is 0 Å². The van der Waals surface area contributed by atoms with E-state index < -0.39 is 0 Å². The maximum atomic E-state index is 3.47. The van der Waals surface area contributed by atoms with E-state index in [1.807, 2.05) is 30.3 Å². The fraction of sp³-hybridized carbons (Fsp3) is 0.263. The molecular formula is C19H19N. The van der Waals surface area contributed by atoms with Crippen LogP contribution in [0.2, 0.25) is 0 Å². The zero-order valence-corrected chi connectivity index (χ0v) is 12.0. The largest absolute Gasteiger partial charge is 0.385 e. The van der Waals surface area contributed by atoms with Crippen LogP contribution in [0.4, 0.5) is 5.69 Å². The topological polar surface area (TPSA) is 12.0 Å². The number of nitrogens with one attached hydrogen (secondary N) is 1. The maximum absolute atomic E-state index is 3.47. The lowest BCUT2D eigenvalue weighted by Crippen LogP contribution is -2.28. The van der Waals surface area contributed by atoms with Crippen LogP contribution >= 0.6 is 0 Å². The molecule has 2 aromatic rings. The molecule has 3 rings (SSSR count).